The van der Waals surface area contributed by atoms with Gasteiger partial charge in [-0.25, -0.2) is 9.78 Å². The zero-order chi connectivity index (χ0) is 14.0. The summed E-state index contributed by atoms with van der Waals surface area (Å²) in [6, 6.07) is 6.40. The Hall–Kier alpha value is -2.21. The van der Waals surface area contributed by atoms with Gasteiger partial charge in [-0.1, -0.05) is 12.1 Å². The first-order valence-corrected chi connectivity index (χ1v) is 6.35. The molecule has 0 aliphatic carbocycles. The van der Waals surface area contributed by atoms with Gasteiger partial charge in [-0.05, 0) is 19.1 Å². The van der Waals surface area contributed by atoms with Crippen LogP contribution in [0.4, 0.5) is 5.69 Å². The van der Waals surface area contributed by atoms with E-state index in [9.17, 15) is 9.59 Å². The molecule has 98 valence electrons. The number of carboxylic acid groups (broad SMARTS) is 1. The van der Waals surface area contributed by atoms with E-state index >= 15 is 0 Å². The summed E-state index contributed by atoms with van der Waals surface area (Å²) in [5.74, 6) is -1.32. The van der Waals surface area contributed by atoms with Crippen LogP contribution in [-0.2, 0) is 0 Å². The fourth-order valence-electron chi connectivity index (χ4n) is 1.68. The number of amides is 1. The number of carbonyl (C=O) groups excluding carboxylic acids is 1. The maximum Gasteiger partial charge on any atom is 0.337 e. The molecule has 2 rings (SSSR count). The van der Waals surface area contributed by atoms with Crippen LogP contribution in [0.3, 0.4) is 0 Å². The molecule has 6 heteroatoms. The Morgan fingerprint density at radius 2 is 2.00 bits per heavy atom. The van der Waals surface area contributed by atoms with Crippen molar-refractivity contribution in [1.29, 1.82) is 0 Å². The summed E-state index contributed by atoms with van der Waals surface area (Å²) >= 11 is 1.28. The summed E-state index contributed by atoms with van der Waals surface area (Å²) in [5.41, 5.74) is 0.464. The van der Waals surface area contributed by atoms with Crippen molar-refractivity contribution < 1.29 is 14.7 Å². The number of carbonyl (C=O) groups is 2. The third kappa shape index (κ3) is 2.63. The van der Waals surface area contributed by atoms with Gasteiger partial charge in [-0.3, -0.25) is 4.79 Å². The summed E-state index contributed by atoms with van der Waals surface area (Å²) < 4.78 is 0. The zero-order valence-electron chi connectivity index (χ0n) is 10.5. The van der Waals surface area contributed by atoms with Crippen molar-refractivity contribution in [2.24, 2.45) is 0 Å². The van der Waals surface area contributed by atoms with Gasteiger partial charge in [0, 0.05) is 7.05 Å². The maximum atomic E-state index is 12.2. The van der Waals surface area contributed by atoms with Gasteiger partial charge < -0.3 is 10.0 Å². The number of para-hydroxylation sites is 1. The van der Waals surface area contributed by atoms with Gasteiger partial charge in [0.1, 0.15) is 4.88 Å². The van der Waals surface area contributed by atoms with Crippen LogP contribution in [-0.4, -0.2) is 29.0 Å². The number of aromatic carboxylic acids is 1. The van der Waals surface area contributed by atoms with Crippen molar-refractivity contribution in [3.8, 4) is 0 Å². The second kappa shape index (κ2) is 5.19. The number of hydrogen-bond acceptors (Lipinski definition) is 4. The smallest absolute Gasteiger partial charge is 0.337 e. The molecule has 1 N–H and O–H groups in total. The number of anilines is 1. The van der Waals surface area contributed by atoms with E-state index in [-0.39, 0.29) is 11.5 Å². The van der Waals surface area contributed by atoms with Crippen molar-refractivity contribution in [2.75, 3.05) is 11.9 Å². The van der Waals surface area contributed by atoms with Crippen LogP contribution in [0, 0.1) is 6.92 Å². The molecule has 2 aromatic rings. The van der Waals surface area contributed by atoms with E-state index in [0.29, 0.717) is 10.6 Å². The van der Waals surface area contributed by atoms with Crippen LogP contribution in [0.2, 0.25) is 0 Å². The molecule has 0 saturated carbocycles. The minimum atomic E-state index is -1.06. The number of hydrogen-bond donors (Lipinski definition) is 1. The Morgan fingerprint density at radius 3 is 2.58 bits per heavy atom. The normalized spacial score (nSPS) is 10.2. The number of nitrogens with zero attached hydrogens (tertiary/aromatic N) is 2. The minimum absolute atomic E-state index is 0.0968. The van der Waals surface area contributed by atoms with Gasteiger partial charge in [0.2, 0.25) is 0 Å². The van der Waals surface area contributed by atoms with E-state index in [1.54, 1.807) is 25.2 Å². The van der Waals surface area contributed by atoms with E-state index < -0.39 is 5.97 Å². The molecule has 1 aromatic carbocycles. The zero-order valence-corrected chi connectivity index (χ0v) is 11.3. The van der Waals surface area contributed by atoms with Crippen LogP contribution >= 0.6 is 11.3 Å². The monoisotopic (exact) mass is 276 g/mol. The van der Waals surface area contributed by atoms with Crippen LogP contribution in [0.15, 0.2) is 30.5 Å². The van der Waals surface area contributed by atoms with Crippen LogP contribution in [0.25, 0.3) is 0 Å². The van der Waals surface area contributed by atoms with E-state index in [1.165, 1.54) is 28.5 Å². The molecular weight excluding hydrogens is 264 g/mol. The summed E-state index contributed by atoms with van der Waals surface area (Å²) in [6.45, 7) is 1.81. The highest BCUT2D eigenvalue weighted by atomic mass is 32.1. The van der Waals surface area contributed by atoms with E-state index in [2.05, 4.69) is 4.98 Å². The topological polar surface area (TPSA) is 70.5 Å². The molecule has 1 amide bonds. The van der Waals surface area contributed by atoms with Crippen molar-refractivity contribution in [1.82, 2.24) is 4.98 Å². The quantitative estimate of drug-likeness (QED) is 0.934. The lowest BCUT2D eigenvalue weighted by molar-refractivity contribution is 0.0697. The molecule has 0 unspecified atom stereocenters. The van der Waals surface area contributed by atoms with Gasteiger partial charge in [0.05, 0.1) is 22.5 Å². The number of thiazole rings is 1. The highest BCUT2D eigenvalue weighted by Gasteiger charge is 2.20. The highest BCUT2D eigenvalue weighted by Crippen LogP contribution is 2.22. The number of aryl methyl sites for hydroxylation is 1. The standard InChI is InChI=1S/C13H12N2O3S/c1-8-14-7-11(19-8)12(16)15(2)10-6-4-3-5-9(10)13(17)18/h3-7H,1-2H3,(H,17,18). The SMILES string of the molecule is Cc1ncc(C(=O)N(C)c2ccccc2C(=O)O)s1. The molecule has 0 spiro atoms. The second-order valence-corrected chi connectivity index (χ2v) is 5.16. The fourth-order valence-corrected chi connectivity index (χ4v) is 2.44. The average molecular weight is 276 g/mol. The van der Waals surface area contributed by atoms with Crippen molar-refractivity contribution in [2.45, 2.75) is 6.92 Å². The molecule has 0 fully saturated rings. The molecule has 0 saturated heterocycles. The van der Waals surface area contributed by atoms with Crippen molar-refractivity contribution >= 4 is 28.9 Å². The first kappa shape index (κ1) is 13.2. The lowest BCUT2D eigenvalue weighted by atomic mass is 10.1. The molecule has 0 aliphatic rings. The first-order valence-electron chi connectivity index (χ1n) is 5.53. The third-order valence-corrected chi connectivity index (χ3v) is 3.53. The van der Waals surface area contributed by atoms with Crippen LogP contribution in [0.5, 0.6) is 0 Å². The Morgan fingerprint density at radius 1 is 1.32 bits per heavy atom. The summed E-state index contributed by atoms with van der Waals surface area (Å²) in [4.78, 5) is 29.2. The molecule has 0 bridgehead atoms. The molecule has 1 aromatic heterocycles. The van der Waals surface area contributed by atoms with Crippen molar-refractivity contribution in [3.63, 3.8) is 0 Å². The molecule has 0 aliphatic heterocycles. The van der Waals surface area contributed by atoms with Gasteiger partial charge >= 0.3 is 5.97 Å². The van der Waals surface area contributed by atoms with Crippen molar-refractivity contribution in [3.05, 3.63) is 45.9 Å². The van der Waals surface area contributed by atoms with Crippen LogP contribution < -0.4 is 4.90 Å². The highest BCUT2D eigenvalue weighted by molar-refractivity contribution is 7.13. The molecule has 0 atom stereocenters. The Balaban J connectivity index is 2.37. The second-order valence-electron chi connectivity index (χ2n) is 3.93. The van der Waals surface area contributed by atoms with E-state index in [1.807, 2.05) is 6.92 Å². The largest absolute Gasteiger partial charge is 0.478 e. The molecular formula is C13H12N2O3S. The van der Waals surface area contributed by atoms with Gasteiger partial charge in [-0.2, -0.15) is 0 Å². The summed E-state index contributed by atoms with van der Waals surface area (Å²) in [5, 5.41) is 9.92. The number of rotatable bonds is 3. The third-order valence-electron chi connectivity index (χ3n) is 2.63. The number of aromatic nitrogens is 1. The number of benzene rings is 1. The molecule has 5 nitrogen and oxygen atoms in total. The number of carboxylic acids is 1. The lowest BCUT2D eigenvalue weighted by Gasteiger charge is -2.18. The lowest BCUT2D eigenvalue weighted by Crippen LogP contribution is -2.27. The van der Waals surface area contributed by atoms with Crippen LogP contribution in [0.1, 0.15) is 25.0 Å². The van der Waals surface area contributed by atoms with Gasteiger partial charge in [0.15, 0.2) is 0 Å². The van der Waals surface area contributed by atoms with E-state index in [0.717, 1.165) is 5.01 Å². The molecule has 1 heterocycles. The Kier molecular flexibility index (Phi) is 3.62. The molecule has 19 heavy (non-hydrogen) atoms. The molecule has 0 radical (unpaired) electrons. The Labute approximate surface area is 114 Å². The van der Waals surface area contributed by atoms with E-state index in [4.69, 9.17) is 5.11 Å². The van der Waals surface area contributed by atoms with Gasteiger partial charge in [0.25, 0.3) is 5.91 Å². The summed E-state index contributed by atoms with van der Waals surface area (Å²) in [6.07, 6.45) is 1.50. The van der Waals surface area contributed by atoms with Gasteiger partial charge in [-0.15, -0.1) is 11.3 Å². The average Bonchev–Trinajstić information content (AvgIpc) is 2.83. The summed E-state index contributed by atoms with van der Waals surface area (Å²) in [7, 11) is 1.55. The minimum Gasteiger partial charge on any atom is -0.478 e. The predicted molar refractivity (Wildman–Crippen MR) is 73.0 cm³/mol. The first-order chi connectivity index (χ1) is 9.00. The Bertz CT molecular complexity index is 636. The fraction of sp³-hybridized carbons (Fsp3) is 0.154. The maximum absolute atomic E-state index is 12.2. The predicted octanol–water partition coefficient (Wildman–Crippen LogP) is 2.43.